The molecule has 1 aromatic rings. The average Bonchev–Trinajstić information content (AvgIpc) is 2.77. The molecule has 2 heterocycles. The molecule has 6 heteroatoms. The minimum atomic E-state index is -0.271. The van der Waals surface area contributed by atoms with Crippen LogP contribution in [0.5, 0.6) is 0 Å². The number of carbonyl (C=O) groups excluding carboxylic acids is 1. The minimum Gasteiger partial charge on any atom is -0.368 e. The zero-order valence-electron chi connectivity index (χ0n) is 10.1. The van der Waals surface area contributed by atoms with Crippen LogP contribution in [-0.2, 0) is 17.9 Å². The van der Waals surface area contributed by atoms with Crippen LogP contribution in [0.25, 0.3) is 0 Å². The van der Waals surface area contributed by atoms with Gasteiger partial charge in [0, 0.05) is 38.6 Å². The fraction of sp³-hybridized carbons (Fsp3) is 0.636. The maximum Gasteiger partial charge on any atom is 0.236 e. The van der Waals surface area contributed by atoms with Gasteiger partial charge in [-0.05, 0) is 6.92 Å². The number of piperazine rings is 1. The second-order valence-corrected chi connectivity index (χ2v) is 4.22. The van der Waals surface area contributed by atoms with Gasteiger partial charge in [0.05, 0.1) is 6.54 Å². The van der Waals surface area contributed by atoms with E-state index in [4.69, 9.17) is 5.73 Å². The zero-order chi connectivity index (χ0) is 12.3. The molecule has 94 valence electrons. The summed E-state index contributed by atoms with van der Waals surface area (Å²) in [6, 6.07) is -0.231. The Morgan fingerprint density at radius 1 is 1.71 bits per heavy atom. The molecule has 1 amide bonds. The van der Waals surface area contributed by atoms with E-state index in [1.165, 1.54) is 0 Å². The standard InChI is InChI=1S/C11H19N5O/c1-2-15-6-4-14-10(15)8-16-5-3-13-7-9(16)11(12)17/h4,6,9,13H,2-3,5,7-8H2,1H3,(H2,12,17). The number of nitrogens with two attached hydrogens (primary N) is 1. The lowest BCUT2D eigenvalue weighted by atomic mass is 10.2. The van der Waals surface area contributed by atoms with E-state index in [-0.39, 0.29) is 11.9 Å². The van der Waals surface area contributed by atoms with Crippen LogP contribution < -0.4 is 11.1 Å². The summed E-state index contributed by atoms with van der Waals surface area (Å²) >= 11 is 0. The first-order chi connectivity index (χ1) is 8.22. The van der Waals surface area contributed by atoms with E-state index >= 15 is 0 Å². The summed E-state index contributed by atoms with van der Waals surface area (Å²) in [4.78, 5) is 17.8. The second-order valence-electron chi connectivity index (χ2n) is 4.22. The molecule has 1 aliphatic heterocycles. The highest BCUT2D eigenvalue weighted by molar-refractivity contribution is 5.80. The molecular formula is C11H19N5O. The van der Waals surface area contributed by atoms with Gasteiger partial charge >= 0.3 is 0 Å². The molecule has 1 atom stereocenters. The first-order valence-corrected chi connectivity index (χ1v) is 5.96. The van der Waals surface area contributed by atoms with Gasteiger partial charge in [-0.15, -0.1) is 0 Å². The van der Waals surface area contributed by atoms with E-state index in [1.807, 2.05) is 6.20 Å². The Hall–Kier alpha value is -1.40. The van der Waals surface area contributed by atoms with Crippen molar-refractivity contribution in [2.45, 2.75) is 26.1 Å². The Morgan fingerprint density at radius 3 is 3.24 bits per heavy atom. The van der Waals surface area contributed by atoms with E-state index in [1.54, 1.807) is 6.20 Å². The highest BCUT2D eigenvalue weighted by Gasteiger charge is 2.27. The van der Waals surface area contributed by atoms with E-state index in [2.05, 4.69) is 26.7 Å². The molecule has 6 nitrogen and oxygen atoms in total. The minimum absolute atomic E-state index is 0.231. The monoisotopic (exact) mass is 237 g/mol. The average molecular weight is 237 g/mol. The van der Waals surface area contributed by atoms with E-state index in [0.29, 0.717) is 13.1 Å². The summed E-state index contributed by atoms with van der Waals surface area (Å²) in [5, 5.41) is 3.18. The lowest BCUT2D eigenvalue weighted by Gasteiger charge is -2.33. The van der Waals surface area contributed by atoms with E-state index in [0.717, 1.165) is 25.5 Å². The number of hydrogen-bond acceptors (Lipinski definition) is 4. The van der Waals surface area contributed by atoms with Gasteiger partial charge in [-0.25, -0.2) is 4.98 Å². The van der Waals surface area contributed by atoms with Crippen molar-refractivity contribution in [3.8, 4) is 0 Å². The van der Waals surface area contributed by atoms with Crippen LogP contribution in [-0.4, -0.2) is 46.0 Å². The van der Waals surface area contributed by atoms with Crippen molar-refractivity contribution in [1.82, 2.24) is 19.8 Å². The quantitative estimate of drug-likeness (QED) is 0.716. The first kappa shape index (κ1) is 12.1. The molecule has 0 bridgehead atoms. The van der Waals surface area contributed by atoms with Crippen LogP contribution in [0.15, 0.2) is 12.4 Å². The van der Waals surface area contributed by atoms with Gasteiger partial charge in [0.15, 0.2) is 0 Å². The van der Waals surface area contributed by atoms with Gasteiger partial charge in [-0.3, -0.25) is 9.69 Å². The Bertz CT molecular complexity index is 389. The van der Waals surface area contributed by atoms with Gasteiger partial charge < -0.3 is 15.6 Å². The largest absolute Gasteiger partial charge is 0.368 e. The highest BCUT2D eigenvalue weighted by atomic mass is 16.1. The number of hydrogen-bond donors (Lipinski definition) is 2. The fourth-order valence-corrected chi connectivity index (χ4v) is 2.18. The highest BCUT2D eigenvalue weighted by Crippen LogP contribution is 2.09. The van der Waals surface area contributed by atoms with Crippen LogP contribution >= 0.6 is 0 Å². The Kier molecular flexibility index (Phi) is 3.75. The summed E-state index contributed by atoms with van der Waals surface area (Å²) < 4.78 is 2.08. The smallest absolute Gasteiger partial charge is 0.236 e. The van der Waals surface area contributed by atoms with Crippen molar-refractivity contribution < 1.29 is 4.79 Å². The maximum absolute atomic E-state index is 11.4. The zero-order valence-corrected chi connectivity index (χ0v) is 10.1. The Labute approximate surface area is 101 Å². The number of carbonyl (C=O) groups is 1. The molecule has 2 rings (SSSR count). The molecule has 1 aliphatic rings. The first-order valence-electron chi connectivity index (χ1n) is 5.96. The predicted molar refractivity (Wildman–Crippen MR) is 64.2 cm³/mol. The molecular weight excluding hydrogens is 218 g/mol. The number of imidazole rings is 1. The lowest BCUT2D eigenvalue weighted by Crippen LogP contribution is -2.56. The molecule has 1 aromatic heterocycles. The van der Waals surface area contributed by atoms with Gasteiger partial charge in [-0.2, -0.15) is 0 Å². The molecule has 0 radical (unpaired) electrons. The molecule has 1 unspecified atom stereocenters. The fourth-order valence-electron chi connectivity index (χ4n) is 2.18. The van der Waals surface area contributed by atoms with Crippen LogP contribution in [0.3, 0.4) is 0 Å². The molecule has 1 fully saturated rings. The lowest BCUT2D eigenvalue weighted by molar-refractivity contribution is -0.124. The molecule has 0 spiro atoms. The molecule has 0 saturated carbocycles. The van der Waals surface area contributed by atoms with Crippen molar-refractivity contribution in [2.24, 2.45) is 5.73 Å². The molecule has 1 saturated heterocycles. The van der Waals surface area contributed by atoms with Gasteiger partial charge in [-0.1, -0.05) is 0 Å². The van der Waals surface area contributed by atoms with Crippen molar-refractivity contribution in [3.05, 3.63) is 18.2 Å². The topological polar surface area (TPSA) is 76.2 Å². The molecule has 0 aliphatic carbocycles. The molecule has 17 heavy (non-hydrogen) atoms. The van der Waals surface area contributed by atoms with E-state index < -0.39 is 0 Å². The number of nitrogens with one attached hydrogen (secondary N) is 1. The molecule has 3 N–H and O–H groups in total. The Balaban J connectivity index is 2.08. The number of amides is 1. The SMILES string of the molecule is CCn1ccnc1CN1CCNCC1C(N)=O. The third-order valence-corrected chi connectivity index (χ3v) is 3.17. The van der Waals surface area contributed by atoms with E-state index in [9.17, 15) is 4.79 Å². The summed E-state index contributed by atoms with van der Waals surface area (Å²) in [5.41, 5.74) is 5.41. The van der Waals surface area contributed by atoms with Crippen LogP contribution in [0.1, 0.15) is 12.7 Å². The van der Waals surface area contributed by atoms with Crippen molar-refractivity contribution >= 4 is 5.91 Å². The maximum atomic E-state index is 11.4. The Morgan fingerprint density at radius 2 is 2.53 bits per heavy atom. The summed E-state index contributed by atoms with van der Waals surface area (Å²) in [6.45, 7) is 5.98. The van der Waals surface area contributed by atoms with Gasteiger partial charge in [0.2, 0.25) is 5.91 Å². The summed E-state index contributed by atoms with van der Waals surface area (Å²) in [5.74, 6) is 0.715. The number of nitrogens with zero attached hydrogens (tertiary/aromatic N) is 3. The summed E-state index contributed by atoms with van der Waals surface area (Å²) in [6.07, 6.45) is 3.75. The van der Waals surface area contributed by atoms with Crippen LogP contribution in [0.4, 0.5) is 0 Å². The van der Waals surface area contributed by atoms with Gasteiger partial charge in [0.1, 0.15) is 11.9 Å². The number of primary amides is 1. The van der Waals surface area contributed by atoms with Crippen LogP contribution in [0.2, 0.25) is 0 Å². The number of aryl methyl sites for hydroxylation is 1. The van der Waals surface area contributed by atoms with Crippen molar-refractivity contribution in [1.29, 1.82) is 0 Å². The predicted octanol–water partition coefficient (Wildman–Crippen LogP) is -0.838. The van der Waals surface area contributed by atoms with Gasteiger partial charge in [0.25, 0.3) is 0 Å². The van der Waals surface area contributed by atoms with Crippen molar-refractivity contribution in [2.75, 3.05) is 19.6 Å². The number of rotatable bonds is 4. The molecule has 0 aromatic carbocycles. The van der Waals surface area contributed by atoms with Crippen molar-refractivity contribution in [3.63, 3.8) is 0 Å². The van der Waals surface area contributed by atoms with Crippen LogP contribution in [0, 0.1) is 0 Å². The third kappa shape index (κ3) is 2.65. The number of aromatic nitrogens is 2. The third-order valence-electron chi connectivity index (χ3n) is 3.17. The second kappa shape index (κ2) is 5.29. The normalized spacial score (nSPS) is 21.6. The summed E-state index contributed by atoms with van der Waals surface area (Å²) in [7, 11) is 0.